The minimum absolute atomic E-state index is 0.0337. The van der Waals surface area contributed by atoms with Crippen LogP contribution in [0, 0.1) is 20.8 Å². The first-order valence-electron chi connectivity index (χ1n) is 7.86. The van der Waals surface area contributed by atoms with E-state index in [1.807, 2.05) is 11.8 Å². The minimum atomic E-state index is -0.0337. The van der Waals surface area contributed by atoms with Crippen molar-refractivity contribution in [1.29, 1.82) is 0 Å². The van der Waals surface area contributed by atoms with Gasteiger partial charge in [0.1, 0.15) is 11.3 Å². The van der Waals surface area contributed by atoms with Crippen molar-refractivity contribution in [3.63, 3.8) is 0 Å². The Bertz CT molecular complexity index is 731. The summed E-state index contributed by atoms with van der Waals surface area (Å²) in [5.41, 5.74) is 2.05. The lowest BCUT2D eigenvalue weighted by Crippen LogP contribution is -2.49. The van der Waals surface area contributed by atoms with Crippen LogP contribution < -0.4 is 9.64 Å². The van der Waals surface area contributed by atoms with Crippen molar-refractivity contribution in [3.8, 4) is 5.88 Å². The number of hydrogen-bond donors (Lipinski definition) is 0. The Morgan fingerprint density at radius 2 is 1.88 bits per heavy atom. The number of carbonyl (C=O) groups is 1. The van der Waals surface area contributed by atoms with Crippen molar-refractivity contribution in [2.45, 2.75) is 20.8 Å². The van der Waals surface area contributed by atoms with Crippen molar-refractivity contribution in [3.05, 3.63) is 28.8 Å². The van der Waals surface area contributed by atoms with Gasteiger partial charge in [-0.1, -0.05) is 5.16 Å². The van der Waals surface area contributed by atoms with Gasteiger partial charge in [-0.25, -0.2) is 4.98 Å². The summed E-state index contributed by atoms with van der Waals surface area (Å²) in [5.74, 6) is 1.71. The zero-order valence-electron chi connectivity index (χ0n) is 14.4. The highest BCUT2D eigenvalue weighted by Gasteiger charge is 2.27. The van der Waals surface area contributed by atoms with Gasteiger partial charge in [-0.2, -0.15) is 4.98 Å². The first-order chi connectivity index (χ1) is 11.5. The molecular weight excluding hydrogens is 310 g/mol. The number of ether oxygens (including phenoxy) is 1. The fraction of sp³-hybridized carbons (Fsp3) is 0.500. The third-order valence-corrected chi connectivity index (χ3v) is 4.13. The van der Waals surface area contributed by atoms with Crippen LogP contribution in [0.25, 0.3) is 0 Å². The molecule has 3 rings (SSSR count). The molecule has 0 aliphatic carbocycles. The maximum Gasteiger partial charge on any atom is 0.259 e. The van der Waals surface area contributed by atoms with Gasteiger partial charge >= 0.3 is 0 Å². The van der Waals surface area contributed by atoms with Crippen molar-refractivity contribution in [2.75, 3.05) is 38.2 Å². The topological polar surface area (TPSA) is 84.6 Å². The number of piperazine rings is 1. The number of aryl methyl sites for hydroxylation is 3. The predicted octanol–water partition coefficient (Wildman–Crippen LogP) is 1.36. The van der Waals surface area contributed by atoms with E-state index in [4.69, 9.17) is 9.26 Å². The average molecular weight is 331 g/mol. The molecule has 8 nitrogen and oxygen atoms in total. The summed E-state index contributed by atoms with van der Waals surface area (Å²) in [6.45, 7) is 7.99. The van der Waals surface area contributed by atoms with Gasteiger partial charge in [0.25, 0.3) is 5.91 Å². The summed E-state index contributed by atoms with van der Waals surface area (Å²) < 4.78 is 10.3. The molecule has 0 aromatic carbocycles. The SMILES string of the molecule is COc1cc(C)nc(N2CCN(C(=O)c3c(C)noc3C)CC2)n1. The molecule has 2 aromatic rings. The first-order valence-corrected chi connectivity index (χ1v) is 7.86. The van der Waals surface area contributed by atoms with Crippen LogP contribution >= 0.6 is 0 Å². The van der Waals surface area contributed by atoms with Gasteiger partial charge in [-0.05, 0) is 20.8 Å². The number of amides is 1. The number of carbonyl (C=O) groups excluding carboxylic acids is 1. The maximum absolute atomic E-state index is 12.7. The molecule has 0 spiro atoms. The molecule has 0 radical (unpaired) electrons. The summed E-state index contributed by atoms with van der Waals surface area (Å²) in [5, 5.41) is 3.86. The van der Waals surface area contributed by atoms with Gasteiger partial charge < -0.3 is 19.1 Å². The fourth-order valence-corrected chi connectivity index (χ4v) is 2.83. The van der Waals surface area contributed by atoms with E-state index in [1.165, 1.54) is 0 Å². The van der Waals surface area contributed by atoms with Crippen LogP contribution in [0.15, 0.2) is 10.6 Å². The zero-order chi connectivity index (χ0) is 17.3. The number of rotatable bonds is 3. The van der Waals surface area contributed by atoms with Crippen molar-refractivity contribution >= 4 is 11.9 Å². The normalized spacial score (nSPS) is 14.8. The molecule has 24 heavy (non-hydrogen) atoms. The molecule has 0 saturated carbocycles. The monoisotopic (exact) mass is 331 g/mol. The van der Waals surface area contributed by atoms with Gasteiger partial charge in [-0.15, -0.1) is 0 Å². The molecule has 1 aliphatic rings. The highest BCUT2D eigenvalue weighted by atomic mass is 16.5. The summed E-state index contributed by atoms with van der Waals surface area (Å²) >= 11 is 0. The highest BCUT2D eigenvalue weighted by Crippen LogP contribution is 2.19. The molecule has 0 unspecified atom stereocenters. The fourth-order valence-electron chi connectivity index (χ4n) is 2.83. The Morgan fingerprint density at radius 1 is 1.17 bits per heavy atom. The quantitative estimate of drug-likeness (QED) is 0.839. The predicted molar refractivity (Wildman–Crippen MR) is 87.4 cm³/mol. The van der Waals surface area contributed by atoms with Crippen LogP contribution in [0.2, 0.25) is 0 Å². The lowest BCUT2D eigenvalue weighted by molar-refractivity contribution is 0.0743. The highest BCUT2D eigenvalue weighted by molar-refractivity contribution is 5.96. The second-order valence-electron chi connectivity index (χ2n) is 5.83. The smallest absolute Gasteiger partial charge is 0.259 e. The number of nitrogens with zero attached hydrogens (tertiary/aromatic N) is 5. The first kappa shape index (κ1) is 16.2. The maximum atomic E-state index is 12.7. The van der Waals surface area contributed by atoms with E-state index >= 15 is 0 Å². The number of hydrogen-bond acceptors (Lipinski definition) is 7. The van der Waals surface area contributed by atoms with Gasteiger partial charge in [0.05, 0.1) is 12.8 Å². The van der Waals surface area contributed by atoms with Crippen LogP contribution in [-0.4, -0.2) is 59.2 Å². The number of methoxy groups -OCH3 is 1. The van der Waals surface area contributed by atoms with Crippen LogP contribution in [0.1, 0.15) is 27.5 Å². The molecule has 0 atom stereocenters. The van der Waals surface area contributed by atoms with Crippen LogP contribution in [0.4, 0.5) is 5.95 Å². The lowest BCUT2D eigenvalue weighted by Gasteiger charge is -2.34. The Labute approximate surface area is 140 Å². The van der Waals surface area contributed by atoms with E-state index in [0.29, 0.717) is 55.0 Å². The summed E-state index contributed by atoms with van der Waals surface area (Å²) in [6.07, 6.45) is 0. The van der Waals surface area contributed by atoms with Crippen LogP contribution in [0.5, 0.6) is 5.88 Å². The largest absolute Gasteiger partial charge is 0.481 e. The van der Waals surface area contributed by atoms with E-state index in [1.54, 1.807) is 27.0 Å². The molecule has 8 heteroatoms. The van der Waals surface area contributed by atoms with Gasteiger partial charge in [0.15, 0.2) is 0 Å². The summed E-state index contributed by atoms with van der Waals surface area (Å²) in [4.78, 5) is 25.4. The van der Waals surface area contributed by atoms with Crippen molar-refractivity contribution < 1.29 is 14.1 Å². The van der Waals surface area contributed by atoms with Crippen molar-refractivity contribution in [2.24, 2.45) is 0 Å². The number of anilines is 1. The lowest BCUT2D eigenvalue weighted by atomic mass is 10.1. The van der Waals surface area contributed by atoms with E-state index < -0.39 is 0 Å². The molecule has 1 amide bonds. The second-order valence-corrected chi connectivity index (χ2v) is 5.83. The van der Waals surface area contributed by atoms with Gasteiger partial charge in [-0.3, -0.25) is 4.79 Å². The van der Waals surface area contributed by atoms with Crippen LogP contribution in [0.3, 0.4) is 0 Å². The van der Waals surface area contributed by atoms with Gasteiger partial charge in [0.2, 0.25) is 11.8 Å². The van der Waals surface area contributed by atoms with E-state index in [2.05, 4.69) is 20.0 Å². The Balaban J connectivity index is 1.70. The Kier molecular flexibility index (Phi) is 4.37. The van der Waals surface area contributed by atoms with E-state index in [0.717, 1.165) is 5.69 Å². The standard InChI is InChI=1S/C16H21N5O3/c1-10-9-13(23-4)18-16(17-10)21-7-5-20(6-8-21)15(22)14-11(2)19-24-12(14)3/h9H,5-8H2,1-4H3. The summed E-state index contributed by atoms with van der Waals surface area (Å²) in [6, 6.07) is 1.79. The molecule has 0 N–H and O–H groups in total. The molecule has 128 valence electrons. The van der Waals surface area contributed by atoms with E-state index in [-0.39, 0.29) is 5.91 Å². The third kappa shape index (κ3) is 3.04. The van der Waals surface area contributed by atoms with E-state index in [9.17, 15) is 4.79 Å². The van der Waals surface area contributed by atoms with Crippen molar-refractivity contribution in [1.82, 2.24) is 20.0 Å². The molecule has 3 heterocycles. The average Bonchev–Trinajstić information content (AvgIpc) is 2.92. The zero-order valence-corrected chi connectivity index (χ0v) is 14.4. The Morgan fingerprint density at radius 3 is 2.46 bits per heavy atom. The number of aromatic nitrogens is 3. The molecule has 1 aliphatic heterocycles. The molecule has 1 fully saturated rings. The second kappa shape index (κ2) is 6.46. The molecule has 0 bridgehead atoms. The van der Waals surface area contributed by atoms with Crippen LogP contribution in [-0.2, 0) is 0 Å². The van der Waals surface area contributed by atoms with Gasteiger partial charge in [0, 0.05) is 37.9 Å². The molecule has 1 saturated heterocycles. The minimum Gasteiger partial charge on any atom is -0.481 e. The summed E-state index contributed by atoms with van der Waals surface area (Å²) in [7, 11) is 1.59. The third-order valence-electron chi connectivity index (χ3n) is 4.13. The Hall–Kier alpha value is -2.64. The molecular formula is C16H21N5O3. The molecule has 2 aromatic heterocycles.